The van der Waals surface area contributed by atoms with Crippen LogP contribution in [0.5, 0.6) is 5.75 Å². The van der Waals surface area contributed by atoms with E-state index < -0.39 is 52.0 Å². The van der Waals surface area contributed by atoms with Crippen molar-refractivity contribution >= 4 is 28.9 Å². The average Bonchev–Trinajstić information content (AvgIpc) is 2.96. The number of anilines is 1. The summed E-state index contributed by atoms with van der Waals surface area (Å²) in [5.74, 6) is -6.36. The van der Waals surface area contributed by atoms with Crippen molar-refractivity contribution < 1.29 is 34.8 Å². The van der Waals surface area contributed by atoms with Gasteiger partial charge in [-0.3, -0.25) is 19.3 Å². The lowest BCUT2D eigenvalue weighted by molar-refractivity contribution is -0.147. The molecule has 2 aromatic carbocycles. The molecule has 44 heavy (non-hydrogen) atoms. The zero-order valence-corrected chi connectivity index (χ0v) is 25.1. The van der Waals surface area contributed by atoms with Crippen LogP contribution in [0.3, 0.4) is 0 Å². The van der Waals surface area contributed by atoms with E-state index in [9.17, 15) is 34.8 Å². The van der Waals surface area contributed by atoms with Crippen LogP contribution in [0, 0.1) is 11.8 Å². The number of aromatic hydroxyl groups is 1. The predicted octanol–water partition coefficient (Wildman–Crippen LogP) is 1.90. The van der Waals surface area contributed by atoms with Gasteiger partial charge in [-0.1, -0.05) is 18.2 Å². The topological polar surface area (TPSA) is 168 Å². The number of phenols is 1. The Hall–Kier alpha value is -4.19. The predicted molar refractivity (Wildman–Crippen MR) is 164 cm³/mol. The third kappa shape index (κ3) is 4.58. The molecule has 11 heteroatoms. The van der Waals surface area contributed by atoms with E-state index in [0.717, 1.165) is 49.5 Å². The van der Waals surface area contributed by atoms with Crippen molar-refractivity contribution in [2.24, 2.45) is 17.6 Å². The molecule has 1 amide bonds. The van der Waals surface area contributed by atoms with Gasteiger partial charge in [-0.2, -0.15) is 0 Å². The molecule has 0 aromatic heterocycles. The number of likely N-dealkylation sites (N-methyl/N-ethyl adjacent to an activating group) is 1. The number of benzene rings is 2. The molecule has 6 rings (SSSR count). The molecule has 3 atom stereocenters. The number of piperazine rings is 1. The molecule has 232 valence electrons. The van der Waals surface area contributed by atoms with Crippen LogP contribution in [0.1, 0.15) is 29.5 Å². The number of amides is 1. The van der Waals surface area contributed by atoms with Gasteiger partial charge in [0.15, 0.2) is 11.4 Å². The smallest absolute Gasteiger partial charge is 0.255 e. The minimum atomic E-state index is -2.59. The minimum absolute atomic E-state index is 0.0859. The molecule has 0 radical (unpaired) electrons. The fourth-order valence-electron chi connectivity index (χ4n) is 7.39. The quantitative estimate of drug-likeness (QED) is 0.319. The maximum Gasteiger partial charge on any atom is 0.255 e. The number of carbonyl (C=O) groups excluding carboxylic acids is 3. The SMILES string of the molecule is CN1CCN(Cc2cccc(-c3cc(N(C)C)c4c(c3O)C(O)=C3C(=O)[C@]5(O)C(O)=C(C(N)=O)C(=O)C[C@@H]5C[C@@H]3C4)c2)CC1. The van der Waals surface area contributed by atoms with E-state index in [1.165, 1.54) is 0 Å². The summed E-state index contributed by atoms with van der Waals surface area (Å²) in [6, 6.07) is 9.75. The second-order valence-electron chi connectivity index (χ2n) is 12.7. The molecule has 6 N–H and O–H groups in total. The summed E-state index contributed by atoms with van der Waals surface area (Å²) in [5.41, 5.74) is 5.51. The van der Waals surface area contributed by atoms with Gasteiger partial charge in [0.05, 0.1) is 5.56 Å². The summed E-state index contributed by atoms with van der Waals surface area (Å²) in [6.45, 7) is 4.66. The lowest BCUT2D eigenvalue weighted by atomic mass is 9.59. The number of primary amides is 1. The van der Waals surface area contributed by atoms with Crippen molar-refractivity contribution in [3.63, 3.8) is 0 Å². The Bertz CT molecular complexity index is 1650. The van der Waals surface area contributed by atoms with Gasteiger partial charge in [-0.15, -0.1) is 0 Å². The normalized spacial score (nSPS) is 25.9. The third-order valence-corrected chi connectivity index (χ3v) is 9.76. The molecule has 0 spiro atoms. The number of nitrogens with two attached hydrogens (primary N) is 1. The summed E-state index contributed by atoms with van der Waals surface area (Å²) >= 11 is 0. The average molecular weight is 603 g/mol. The standard InChI is InChI=1S/C33H38N4O7/c1-35(2)23-15-21(18-6-4-5-17(11-18)16-37-9-7-36(3)8-10-37)28(39)26-22(23)13-19-12-20-14-24(38)27(32(34)43)31(42)33(20,44)30(41)25(19)29(26)40/h4-6,11,15,19-20,39-40,42,44H,7-10,12-14,16H2,1-3H3,(H2,34,43)/t19-,20+,33+/m1/s1. The van der Waals surface area contributed by atoms with Crippen molar-refractivity contribution in [1.29, 1.82) is 0 Å². The highest BCUT2D eigenvalue weighted by Crippen LogP contribution is 2.54. The van der Waals surface area contributed by atoms with Gasteiger partial charge in [0.2, 0.25) is 5.78 Å². The number of nitrogens with zero attached hydrogens (tertiary/aromatic N) is 3. The zero-order valence-electron chi connectivity index (χ0n) is 25.1. The second kappa shape index (κ2) is 10.8. The first-order valence-corrected chi connectivity index (χ1v) is 14.9. The van der Waals surface area contributed by atoms with Crippen molar-refractivity contribution in [2.45, 2.75) is 31.4 Å². The Morgan fingerprint density at radius 1 is 1.07 bits per heavy atom. The molecule has 1 saturated heterocycles. The summed E-state index contributed by atoms with van der Waals surface area (Å²) < 4.78 is 0. The first kappa shape index (κ1) is 29.9. The molecular weight excluding hydrogens is 564 g/mol. The van der Waals surface area contributed by atoms with Crippen LogP contribution >= 0.6 is 0 Å². The van der Waals surface area contributed by atoms with Crippen LogP contribution in [-0.4, -0.2) is 101 Å². The number of phenolic OH excluding ortho intramolecular Hbond substituents is 1. The van der Waals surface area contributed by atoms with E-state index in [0.29, 0.717) is 11.1 Å². The molecule has 2 fully saturated rings. The molecule has 1 heterocycles. The van der Waals surface area contributed by atoms with Gasteiger partial charge < -0.3 is 36.0 Å². The molecule has 11 nitrogen and oxygen atoms in total. The van der Waals surface area contributed by atoms with Gasteiger partial charge >= 0.3 is 0 Å². The van der Waals surface area contributed by atoms with Crippen molar-refractivity contribution in [2.75, 3.05) is 52.2 Å². The van der Waals surface area contributed by atoms with Crippen LogP contribution in [0.15, 0.2) is 47.2 Å². The number of hydrogen-bond donors (Lipinski definition) is 5. The largest absolute Gasteiger partial charge is 0.508 e. The molecule has 0 unspecified atom stereocenters. The lowest BCUT2D eigenvalue weighted by Crippen LogP contribution is -2.58. The number of ketones is 2. The summed E-state index contributed by atoms with van der Waals surface area (Å²) in [5, 5.41) is 45.8. The van der Waals surface area contributed by atoms with Gasteiger partial charge in [-0.05, 0) is 54.6 Å². The number of aliphatic hydroxyl groups is 3. The summed E-state index contributed by atoms with van der Waals surface area (Å²) in [6.07, 6.45) is -0.0109. The third-order valence-electron chi connectivity index (χ3n) is 9.76. The van der Waals surface area contributed by atoms with Crippen molar-refractivity contribution in [1.82, 2.24) is 9.80 Å². The number of fused-ring (bicyclic) bond motifs is 3. The monoisotopic (exact) mass is 602 g/mol. The van der Waals surface area contributed by atoms with Gasteiger partial charge in [0, 0.05) is 76.0 Å². The molecule has 3 aliphatic carbocycles. The Morgan fingerprint density at radius 2 is 1.77 bits per heavy atom. The summed E-state index contributed by atoms with van der Waals surface area (Å²) in [4.78, 5) is 45.1. The molecule has 2 aromatic rings. The molecule has 1 aliphatic heterocycles. The minimum Gasteiger partial charge on any atom is -0.508 e. The number of rotatable bonds is 5. The second-order valence-corrected chi connectivity index (χ2v) is 12.7. The molecule has 1 saturated carbocycles. The van der Waals surface area contributed by atoms with Gasteiger partial charge in [-0.25, -0.2) is 0 Å². The van der Waals surface area contributed by atoms with Crippen LogP contribution in [-0.2, 0) is 27.3 Å². The number of aliphatic hydroxyl groups excluding tert-OH is 2. The first-order valence-electron chi connectivity index (χ1n) is 14.9. The van der Waals surface area contributed by atoms with E-state index in [2.05, 4.69) is 16.8 Å². The van der Waals surface area contributed by atoms with E-state index >= 15 is 0 Å². The zero-order chi connectivity index (χ0) is 31.7. The maximum atomic E-state index is 13.9. The fraction of sp³-hybridized carbons (Fsp3) is 0.424. The molecular formula is C33H38N4O7. The fourth-order valence-corrected chi connectivity index (χ4v) is 7.39. The van der Waals surface area contributed by atoms with Crippen LogP contribution in [0.2, 0.25) is 0 Å². The highest BCUT2D eigenvalue weighted by atomic mass is 16.3. The van der Waals surface area contributed by atoms with E-state index in [1.54, 1.807) is 0 Å². The van der Waals surface area contributed by atoms with Crippen LogP contribution < -0.4 is 10.6 Å². The number of hydrogen-bond acceptors (Lipinski definition) is 10. The van der Waals surface area contributed by atoms with Gasteiger partial charge in [0.25, 0.3) is 5.91 Å². The Balaban J connectivity index is 1.46. The van der Waals surface area contributed by atoms with E-state index in [1.807, 2.05) is 49.3 Å². The van der Waals surface area contributed by atoms with Crippen molar-refractivity contribution in [3.05, 3.63) is 63.9 Å². The highest BCUT2D eigenvalue weighted by Gasteiger charge is 2.60. The summed E-state index contributed by atoms with van der Waals surface area (Å²) in [7, 11) is 5.82. The van der Waals surface area contributed by atoms with Crippen LogP contribution in [0.4, 0.5) is 5.69 Å². The first-order chi connectivity index (χ1) is 20.8. The highest BCUT2D eigenvalue weighted by molar-refractivity contribution is 6.22. The van der Waals surface area contributed by atoms with E-state index in [4.69, 9.17) is 5.73 Å². The Labute approximate surface area is 255 Å². The molecule has 0 bridgehead atoms. The maximum absolute atomic E-state index is 13.9. The molecule has 4 aliphatic rings. The number of carbonyl (C=O) groups is 3. The Morgan fingerprint density at radius 3 is 2.43 bits per heavy atom. The van der Waals surface area contributed by atoms with Gasteiger partial charge in [0.1, 0.15) is 22.8 Å². The lowest BCUT2D eigenvalue weighted by Gasteiger charge is -2.46. The number of Topliss-reactive ketones (excluding diaryl/α,β-unsaturated/α-hetero) is 2. The van der Waals surface area contributed by atoms with Crippen LogP contribution in [0.25, 0.3) is 16.9 Å². The van der Waals surface area contributed by atoms with Crippen molar-refractivity contribution in [3.8, 4) is 16.9 Å². The Kier molecular flexibility index (Phi) is 7.30. The van der Waals surface area contributed by atoms with E-state index in [-0.39, 0.29) is 36.1 Å².